The van der Waals surface area contributed by atoms with Crippen LogP contribution in [0.25, 0.3) is 11.0 Å². The van der Waals surface area contributed by atoms with Crippen LogP contribution in [0.2, 0.25) is 0 Å². The molecular weight excluding hydrogens is 280 g/mol. The van der Waals surface area contributed by atoms with Crippen LogP contribution >= 0.6 is 0 Å². The molecule has 0 aliphatic rings. The highest BCUT2D eigenvalue weighted by atomic mass is 16.2. The molecule has 1 aromatic carbocycles. The van der Waals surface area contributed by atoms with E-state index in [9.17, 15) is 9.59 Å². The molecule has 6 nitrogen and oxygen atoms in total. The predicted molar refractivity (Wildman–Crippen MR) is 84.8 cm³/mol. The summed E-state index contributed by atoms with van der Waals surface area (Å²) < 4.78 is 1.18. The minimum absolute atomic E-state index is 0.0115. The van der Waals surface area contributed by atoms with Crippen molar-refractivity contribution in [3.8, 4) is 0 Å². The summed E-state index contributed by atoms with van der Waals surface area (Å²) in [5.74, 6) is -0.313. The van der Waals surface area contributed by atoms with E-state index in [0.717, 1.165) is 19.3 Å². The van der Waals surface area contributed by atoms with Crippen molar-refractivity contribution in [3.63, 3.8) is 0 Å². The lowest BCUT2D eigenvalue weighted by molar-refractivity contribution is 0.0942. The predicted octanol–water partition coefficient (Wildman–Crippen LogP) is 2.35. The molecule has 0 bridgehead atoms. The van der Waals surface area contributed by atoms with Crippen molar-refractivity contribution < 1.29 is 9.59 Å². The number of fused-ring (bicyclic) bond motifs is 1. The molecule has 0 atom stereocenters. The van der Waals surface area contributed by atoms with Gasteiger partial charge in [-0.1, -0.05) is 24.3 Å². The molecule has 0 unspecified atom stereocenters. The number of Topliss-reactive ketones (excluding diaryl/α,β-unsaturated/α-hetero) is 1. The fraction of sp³-hybridized carbons (Fsp3) is 0.375. The van der Waals surface area contributed by atoms with Gasteiger partial charge in [-0.3, -0.25) is 9.59 Å². The van der Waals surface area contributed by atoms with E-state index in [1.165, 1.54) is 4.68 Å². The first-order valence-corrected chi connectivity index (χ1v) is 7.34. The van der Waals surface area contributed by atoms with Crippen molar-refractivity contribution in [2.75, 3.05) is 6.54 Å². The Bertz CT molecular complexity index is 718. The van der Waals surface area contributed by atoms with Gasteiger partial charge in [0, 0.05) is 17.6 Å². The highest BCUT2D eigenvalue weighted by Crippen LogP contribution is 2.19. The number of hydrogen-bond donors (Lipinski definition) is 1. The Morgan fingerprint density at radius 2 is 2.05 bits per heavy atom. The largest absolute Gasteiger partial charge is 0.330 e. The molecule has 0 aliphatic heterocycles. The molecule has 0 fully saturated rings. The first-order valence-electron chi connectivity index (χ1n) is 7.34. The van der Waals surface area contributed by atoms with Gasteiger partial charge in [0.2, 0.25) is 0 Å². The van der Waals surface area contributed by atoms with Crippen LogP contribution in [-0.2, 0) is 0 Å². The van der Waals surface area contributed by atoms with E-state index < -0.39 is 0 Å². The average molecular weight is 300 g/mol. The Labute approximate surface area is 129 Å². The monoisotopic (exact) mass is 300 g/mol. The first kappa shape index (κ1) is 16.0. The summed E-state index contributed by atoms with van der Waals surface area (Å²) in [6, 6.07) is 5.18. The third kappa shape index (κ3) is 3.28. The van der Waals surface area contributed by atoms with Gasteiger partial charge in [-0.05, 0) is 38.4 Å². The number of rotatable bonds is 7. The maximum Gasteiger partial charge on any atom is 0.275 e. The van der Waals surface area contributed by atoms with Gasteiger partial charge in [-0.25, -0.2) is 0 Å². The van der Waals surface area contributed by atoms with Crippen LogP contribution in [0, 0.1) is 0 Å². The number of unbranched alkanes of at least 4 members (excludes halogenated alkanes) is 2. The van der Waals surface area contributed by atoms with Crippen molar-refractivity contribution in [1.29, 1.82) is 0 Å². The highest BCUT2D eigenvalue weighted by molar-refractivity contribution is 6.08. The number of nitrogens with zero attached hydrogens (tertiary/aromatic N) is 3. The summed E-state index contributed by atoms with van der Waals surface area (Å²) >= 11 is 0. The van der Waals surface area contributed by atoms with E-state index >= 15 is 0 Å². The van der Waals surface area contributed by atoms with E-state index in [1.54, 1.807) is 25.1 Å². The molecule has 0 amide bonds. The van der Waals surface area contributed by atoms with Crippen LogP contribution in [0.1, 0.15) is 47.8 Å². The number of benzene rings is 1. The van der Waals surface area contributed by atoms with Crippen LogP contribution < -0.4 is 5.73 Å². The number of allylic oxidation sites excluding steroid dienone is 1. The fourth-order valence-electron chi connectivity index (χ4n) is 2.24. The Balaban J connectivity index is 2.27. The number of hydrogen-bond acceptors (Lipinski definition) is 5. The van der Waals surface area contributed by atoms with Gasteiger partial charge < -0.3 is 5.73 Å². The number of carbonyl (C=O) groups excluding carboxylic acids is 2. The molecule has 22 heavy (non-hydrogen) atoms. The number of carbonyl (C=O) groups is 2. The summed E-state index contributed by atoms with van der Waals surface area (Å²) in [7, 11) is 0. The molecule has 0 radical (unpaired) electrons. The van der Waals surface area contributed by atoms with Crippen molar-refractivity contribution in [1.82, 2.24) is 15.0 Å². The lowest BCUT2D eigenvalue weighted by Crippen LogP contribution is -2.12. The summed E-state index contributed by atoms with van der Waals surface area (Å²) in [5, 5.41) is 7.85. The van der Waals surface area contributed by atoms with Crippen molar-refractivity contribution >= 4 is 22.7 Å². The smallest absolute Gasteiger partial charge is 0.275 e. The second-order valence-electron chi connectivity index (χ2n) is 5.28. The molecule has 1 aromatic heterocycles. The molecular formula is C16H20N4O2. The van der Waals surface area contributed by atoms with Gasteiger partial charge in [-0.15, -0.1) is 5.10 Å². The number of nitrogens with two attached hydrogens (primary N) is 1. The van der Waals surface area contributed by atoms with E-state index in [2.05, 4.69) is 16.9 Å². The molecule has 0 aliphatic carbocycles. The lowest BCUT2D eigenvalue weighted by atomic mass is 10.0. The Hall–Kier alpha value is -2.34. The van der Waals surface area contributed by atoms with E-state index in [0.29, 0.717) is 35.1 Å². The highest BCUT2D eigenvalue weighted by Gasteiger charge is 2.17. The Kier molecular flexibility index (Phi) is 5.16. The van der Waals surface area contributed by atoms with Crippen LogP contribution in [0.15, 0.2) is 30.4 Å². The molecule has 2 aromatic rings. The minimum Gasteiger partial charge on any atom is -0.330 e. The summed E-state index contributed by atoms with van der Waals surface area (Å²) in [4.78, 5) is 24.3. The van der Waals surface area contributed by atoms with E-state index in [1.807, 2.05) is 0 Å². The summed E-state index contributed by atoms with van der Waals surface area (Å²) in [6.45, 7) is 5.87. The quantitative estimate of drug-likeness (QED) is 0.481. The van der Waals surface area contributed by atoms with Crippen LogP contribution in [-0.4, -0.2) is 33.2 Å². The molecule has 0 spiro atoms. The molecule has 0 saturated carbocycles. The van der Waals surface area contributed by atoms with E-state index in [4.69, 9.17) is 5.73 Å². The molecule has 6 heteroatoms. The summed E-state index contributed by atoms with van der Waals surface area (Å²) in [6.07, 6.45) is 3.09. The van der Waals surface area contributed by atoms with Gasteiger partial charge >= 0.3 is 0 Å². The lowest BCUT2D eigenvalue weighted by Gasteiger charge is -2.03. The molecule has 2 N–H and O–H groups in total. The second kappa shape index (κ2) is 7.09. The zero-order chi connectivity index (χ0) is 16.1. The van der Waals surface area contributed by atoms with Gasteiger partial charge in [-0.2, -0.15) is 4.68 Å². The van der Waals surface area contributed by atoms with Crippen molar-refractivity contribution in [3.05, 3.63) is 35.9 Å². The minimum atomic E-state index is -0.324. The second-order valence-corrected chi connectivity index (χ2v) is 5.28. The van der Waals surface area contributed by atoms with Crippen molar-refractivity contribution in [2.45, 2.75) is 32.6 Å². The molecule has 0 saturated heterocycles. The third-order valence-electron chi connectivity index (χ3n) is 3.44. The molecule has 2 rings (SSSR count). The van der Waals surface area contributed by atoms with Crippen LogP contribution in [0.3, 0.4) is 0 Å². The third-order valence-corrected chi connectivity index (χ3v) is 3.44. The fourth-order valence-corrected chi connectivity index (χ4v) is 2.24. The zero-order valence-corrected chi connectivity index (χ0v) is 12.7. The topological polar surface area (TPSA) is 90.9 Å². The Morgan fingerprint density at radius 3 is 2.73 bits per heavy atom. The van der Waals surface area contributed by atoms with Gasteiger partial charge in [0.25, 0.3) is 5.91 Å². The number of ketones is 1. The maximum absolute atomic E-state index is 12.3. The SMILES string of the molecule is C=C(C)C(=O)n1nnc2c(C(=O)CCCCCN)cccc21. The van der Waals surface area contributed by atoms with Crippen molar-refractivity contribution in [2.24, 2.45) is 5.73 Å². The van der Waals surface area contributed by atoms with Gasteiger partial charge in [0.05, 0.1) is 5.52 Å². The summed E-state index contributed by atoms with van der Waals surface area (Å²) in [5.41, 5.74) is 7.30. The maximum atomic E-state index is 12.3. The van der Waals surface area contributed by atoms with Gasteiger partial charge in [0.15, 0.2) is 5.78 Å². The van der Waals surface area contributed by atoms with E-state index in [-0.39, 0.29) is 11.7 Å². The van der Waals surface area contributed by atoms with Crippen LogP contribution in [0.5, 0.6) is 0 Å². The van der Waals surface area contributed by atoms with Crippen LogP contribution in [0.4, 0.5) is 0 Å². The Morgan fingerprint density at radius 1 is 1.27 bits per heavy atom. The first-order chi connectivity index (χ1) is 10.6. The molecule has 116 valence electrons. The molecule has 1 heterocycles. The number of aromatic nitrogens is 3. The average Bonchev–Trinajstić information content (AvgIpc) is 2.94. The zero-order valence-electron chi connectivity index (χ0n) is 12.7. The van der Waals surface area contributed by atoms with Gasteiger partial charge in [0.1, 0.15) is 5.52 Å². The standard InChI is InChI=1S/C16H20N4O2/c1-11(2)16(22)20-13-8-6-7-12(15(13)18-19-20)14(21)9-4-3-5-10-17/h6-8H,1,3-5,9-10,17H2,2H3. The normalized spacial score (nSPS) is 10.8.